The van der Waals surface area contributed by atoms with E-state index in [4.69, 9.17) is 11.6 Å². The smallest absolute Gasteiger partial charge is 0.269 e. The van der Waals surface area contributed by atoms with Crippen LogP contribution >= 0.6 is 11.6 Å². The zero-order valence-electron chi connectivity index (χ0n) is 13.5. The van der Waals surface area contributed by atoms with Crippen LogP contribution in [0.5, 0.6) is 0 Å². The number of rotatable bonds is 2. The average Bonchev–Trinajstić information content (AvgIpc) is 2.52. The molecule has 23 heavy (non-hydrogen) atoms. The molecule has 0 heterocycles. The Kier molecular flexibility index (Phi) is 5.26. The summed E-state index contributed by atoms with van der Waals surface area (Å²) in [4.78, 5) is 25.2. The van der Waals surface area contributed by atoms with E-state index in [0.29, 0.717) is 17.0 Å². The van der Waals surface area contributed by atoms with E-state index in [-0.39, 0.29) is 17.7 Å². The first-order valence-electron chi connectivity index (χ1n) is 7.53. The van der Waals surface area contributed by atoms with E-state index in [1.807, 2.05) is 45.1 Å². The quantitative estimate of drug-likeness (QED) is 0.839. The van der Waals surface area contributed by atoms with Crippen LogP contribution < -0.4 is 5.43 Å². The molecular formula is C18H21ClN2O2. The number of hydrazine groups is 1. The highest BCUT2D eigenvalue weighted by molar-refractivity contribution is 6.30. The van der Waals surface area contributed by atoms with Crippen LogP contribution in [0.1, 0.15) is 37.6 Å². The third kappa shape index (κ3) is 4.45. The van der Waals surface area contributed by atoms with Crippen molar-refractivity contribution in [1.29, 1.82) is 0 Å². The number of hydrogen-bond acceptors (Lipinski definition) is 2. The predicted octanol–water partition coefficient (Wildman–Crippen LogP) is 3.74. The lowest BCUT2D eigenvalue weighted by Gasteiger charge is -2.37. The molecule has 0 spiro atoms. The fraction of sp³-hybridized carbons (Fsp3) is 0.333. The number of nitrogens with zero attached hydrogens (tertiary/aromatic N) is 1. The molecule has 2 amide bonds. The number of benzene rings is 1. The van der Waals surface area contributed by atoms with Gasteiger partial charge in [0.05, 0.1) is 11.5 Å². The van der Waals surface area contributed by atoms with E-state index in [1.54, 1.807) is 24.3 Å². The molecule has 0 radical (unpaired) electrons. The van der Waals surface area contributed by atoms with Gasteiger partial charge in [0, 0.05) is 10.6 Å². The highest BCUT2D eigenvalue weighted by atomic mass is 35.5. The standard InChI is InChI=1S/C18H21ClN2O2/c1-18(2,3)21(17(23)14-7-5-4-6-8-14)20-16(22)13-9-11-15(19)12-10-13/h4-7,9-12,14H,8H2,1-3H3,(H,20,22). The van der Waals surface area contributed by atoms with Gasteiger partial charge in [-0.25, -0.2) is 5.01 Å². The van der Waals surface area contributed by atoms with Crippen molar-refractivity contribution in [1.82, 2.24) is 10.4 Å². The van der Waals surface area contributed by atoms with Crippen molar-refractivity contribution in [3.05, 3.63) is 59.2 Å². The van der Waals surface area contributed by atoms with E-state index < -0.39 is 5.54 Å². The summed E-state index contributed by atoms with van der Waals surface area (Å²) in [6.07, 6.45) is 8.21. The highest BCUT2D eigenvalue weighted by Gasteiger charge is 2.32. The number of halogens is 1. The van der Waals surface area contributed by atoms with Gasteiger partial charge in [-0.15, -0.1) is 0 Å². The van der Waals surface area contributed by atoms with Crippen LogP contribution in [0.2, 0.25) is 5.02 Å². The predicted molar refractivity (Wildman–Crippen MR) is 91.9 cm³/mol. The van der Waals surface area contributed by atoms with Gasteiger partial charge in [-0.2, -0.15) is 0 Å². The van der Waals surface area contributed by atoms with Crippen LogP contribution in [0.25, 0.3) is 0 Å². The van der Waals surface area contributed by atoms with Crippen molar-refractivity contribution in [2.45, 2.75) is 32.7 Å². The maximum Gasteiger partial charge on any atom is 0.269 e. The molecule has 1 aromatic carbocycles. The fourth-order valence-corrected chi connectivity index (χ4v) is 2.38. The van der Waals surface area contributed by atoms with Gasteiger partial charge in [0.25, 0.3) is 5.91 Å². The maximum absolute atomic E-state index is 12.8. The number of amides is 2. The van der Waals surface area contributed by atoms with Crippen LogP contribution in [0.3, 0.4) is 0 Å². The Balaban J connectivity index is 2.17. The first kappa shape index (κ1) is 17.3. The van der Waals surface area contributed by atoms with Gasteiger partial charge in [-0.1, -0.05) is 35.9 Å². The number of nitrogens with one attached hydrogen (secondary N) is 1. The average molecular weight is 333 g/mol. The molecule has 1 aliphatic rings. The van der Waals surface area contributed by atoms with E-state index in [1.165, 1.54) is 5.01 Å². The molecule has 122 valence electrons. The summed E-state index contributed by atoms with van der Waals surface area (Å²) in [6, 6.07) is 6.56. The summed E-state index contributed by atoms with van der Waals surface area (Å²) in [5.74, 6) is -0.717. The molecule has 0 saturated heterocycles. The summed E-state index contributed by atoms with van der Waals surface area (Å²) < 4.78 is 0. The molecule has 5 heteroatoms. The van der Waals surface area contributed by atoms with Crippen LogP contribution in [0.4, 0.5) is 0 Å². The summed E-state index contributed by atoms with van der Waals surface area (Å²) in [5, 5.41) is 1.97. The molecule has 0 fully saturated rings. The summed E-state index contributed by atoms with van der Waals surface area (Å²) in [6.45, 7) is 5.65. The van der Waals surface area contributed by atoms with Crippen molar-refractivity contribution in [2.75, 3.05) is 0 Å². The molecule has 0 saturated carbocycles. The molecular weight excluding hydrogens is 312 g/mol. The molecule has 1 aromatic rings. The Morgan fingerprint density at radius 2 is 1.83 bits per heavy atom. The molecule has 2 rings (SSSR count). The number of carbonyl (C=O) groups excluding carboxylic acids is 2. The van der Waals surface area contributed by atoms with Gasteiger partial charge in [0.1, 0.15) is 0 Å². The largest absolute Gasteiger partial charge is 0.272 e. The van der Waals surface area contributed by atoms with E-state index >= 15 is 0 Å². The van der Waals surface area contributed by atoms with Crippen molar-refractivity contribution >= 4 is 23.4 Å². The van der Waals surface area contributed by atoms with E-state index in [0.717, 1.165) is 0 Å². The van der Waals surface area contributed by atoms with Crippen molar-refractivity contribution < 1.29 is 9.59 Å². The van der Waals surface area contributed by atoms with Crippen molar-refractivity contribution in [3.8, 4) is 0 Å². The minimum absolute atomic E-state index is 0.125. The van der Waals surface area contributed by atoms with Crippen LogP contribution in [0, 0.1) is 5.92 Å². The zero-order chi connectivity index (χ0) is 17.0. The molecule has 1 aliphatic carbocycles. The molecule has 0 bridgehead atoms. The third-order valence-corrected chi connectivity index (χ3v) is 3.76. The summed E-state index contributed by atoms with van der Waals surface area (Å²) in [5.41, 5.74) is 2.65. The second-order valence-corrected chi connectivity index (χ2v) is 6.88. The lowest BCUT2D eigenvalue weighted by molar-refractivity contribution is -0.142. The summed E-state index contributed by atoms with van der Waals surface area (Å²) in [7, 11) is 0. The van der Waals surface area contributed by atoms with Crippen LogP contribution in [0.15, 0.2) is 48.6 Å². The van der Waals surface area contributed by atoms with Gasteiger partial charge >= 0.3 is 0 Å². The summed E-state index contributed by atoms with van der Waals surface area (Å²) >= 11 is 5.84. The van der Waals surface area contributed by atoms with E-state index in [2.05, 4.69) is 5.43 Å². The lowest BCUT2D eigenvalue weighted by atomic mass is 9.97. The molecule has 0 aromatic heterocycles. The topological polar surface area (TPSA) is 49.4 Å². The first-order chi connectivity index (χ1) is 10.8. The number of hydrogen-bond donors (Lipinski definition) is 1. The Labute approximate surface area is 141 Å². The number of carbonyl (C=O) groups is 2. The number of allylic oxidation sites excluding steroid dienone is 3. The normalized spacial score (nSPS) is 17.0. The van der Waals surface area contributed by atoms with Crippen molar-refractivity contribution in [3.63, 3.8) is 0 Å². The highest BCUT2D eigenvalue weighted by Crippen LogP contribution is 2.20. The fourth-order valence-electron chi connectivity index (χ4n) is 2.25. The van der Waals surface area contributed by atoms with Gasteiger partial charge in [0.2, 0.25) is 5.91 Å². The SMILES string of the molecule is CC(C)(C)N(NC(=O)c1ccc(Cl)cc1)C(=O)C1C=CC=CC1. The Bertz CT molecular complexity index is 642. The molecule has 1 N–H and O–H groups in total. The molecule has 1 unspecified atom stereocenters. The van der Waals surface area contributed by atoms with Gasteiger partial charge < -0.3 is 0 Å². The molecule has 4 nitrogen and oxygen atoms in total. The van der Waals surface area contributed by atoms with Gasteiger partial charge in [-0.05, 0) is 51.5 Å². The Hall–Kier alpha value is -2.07. The van der Waals surface area contributed by atoms with Crippen LogP contribution in [-0.2, 0) is 4.79 Å². The molecule has 1 atom stereocenters. The van der Waals surface area contributed by atoms with Gasteiger partial charge in [-0.3, -0.25) is 15.0 Å². The maximum atomic E-state index is 12.8. The zero-order valence-corrected chi connectivity index (χ0v) is 14.3. The first-order valence-corrected chi connectivity index (χ1v) is 7.91. The van der Waals surface area contributed by atoms with Gasteiger partial charge in [0.15, 0.2) is 0 Å². The second kappa shape index (κ2) is 7.01. The van der Waals surface area contributed by atoms with Crippen LogP contribution in [-0.4, -0.2) is 22.4 Å². The van der Waals surface area contributed by atoms with Crippen molar-refractivity contribution in [2.24, 2.45) is 5.92 Å². The monoisotopic (exact) mass is 332 g/mol. The minimum atomic E-state index is -0.534. The Morgan fingerprint density at radius 3 is 2.35 bits per heavy atom. The third-order valence-electron chi connectivity index (χ3n) is 3.51. The van der Waals surface area contributed by atoms with E-state index in [9.17, 15) is 9.59 Å². The minimum Gasteiger partial charge on any atom is -0.272 e. The Morgan fingerprint density at radius 1 is 1.17 bits per heavy atom. The lowest BCUT2D eigenvalue weighted by Crippen LogP contribution is -2.57. The second-order valence-electron chi connectivity index (χ2n) is 6.45. The molecule has 0 aliphatic heterocycles.